The van der Waals surface area contributed by atoms with Crippen LogP contribution in [0.5, 0.6) is 0 Å². The molecule has 0 spiro atoms. The second-order valence-electron chi connectivity index (χ2n) is 5.98. The molecular formula is C14H25O2P. The van der Waals surface area contributed by atoms with E-state index < -0.39 is 5.97 Å². The average molecular weight is 256 g/mol. The van der Waals surface area contributed by atoms with E-state index in [0.717, 1.165) is 23.9 Å². The first-order valence-corrected chi connectivity index (χ1v) is 8.99. The van der Waals surface area contributed by atoms with Crippen LogP contribution in [0.1, 0.15) is 45.4 Å². The molecule has 2 bridgehead atoms. The van der Waals surface area contributed by atoms with E-state index in [2.05, 4.69) is 6.92 Å². The Kier molecular flexibility index (Phi) is 4.85. The number of hydrogen-bond acceptors (Lipinski definition) is 1. The molecule has 1 saturated carbocycles. The second kappa shape index (κ2) is 6.18. The van der Waals surface area contributed by atoms with Crippen molar-refractivity contribution in [1.82, 2.24) is 0 Å². The molecule has 3 fully saturated rings. The molecule has 1 N–H and O–H groups in total. The van der Waals surface area contributed by atoms with Crippen LogP contribution in [0.3, 0.4) is 0 Å². The maximum atomic E-state index is 10.7. The molecule has 3 rings (SSSR count). The summed E-state index contributed by atoms with van der Waals surface area (Å²) in [6.45, 7) is 2.43. The fourth-order valence-corrected chi connectivity index (χ4v) is 6.17. The minimum absolute atomic E-state index is 0.0219. The monoisotopic (exact) mass is 256 g/mol. The van der Waals surface area contributed by atoms with Gasteiger partial charge in [0.25, 0.3) is 0 Å². The van der Waals surface area contributed by atoms with Gasteiger partial charge in [-0.2, -0.15) is 0 Å². The van der Waals surface area contributed by atoms with Crippen LogP contribution in [0, 0.1) is 17.8 Å². The average Bonchev–Trinajstić information content (AvgIpc) is 2.42. The lowest BCUT2D eigenvalue weighted by atomic mass is 9.73. The zero-order valence-corrected chi connectivity index (χ0v) is 11.8. The van der Waals surface area contributed by atoms with Gasteiger partial charge >= 0.3 is 5.97 Å². The van der Waals surface area contributed by atoms with Gasteiger partial charge in [0.15, 0.2) is 0 Å². The predicted molar refractivity (Wildman–Crippen MR) is 73.0 cm³/mol. The van der Waals surface area contributed by atoms with E-state index in [1.54, 1.807) is 0 Å². The SMILES string of the molecule is CC1CC2CCC1CCP(CCC(=O)O)CC2. The number of carboxylic acid groups (broad SMARTS) is 1. The van der Waals surface area contributed by atoms with Gasteiger partial charge in [0, 0.05) is 6.42 Å². The van der Waals surface area contributed by atoms with E-state index in [1.807, 2.05) is 0 Å². The molecule has 98 valence electrons. The van der Waals surface area contributed by atoms with Crippen LogP contribution in [0.25, 0.3) is 0 Å². The lowest BCUT2D eigenvalue weighted by Gasteiger charge is -2.33. The Balaban J connectivity index is 1.88. The highest BCUT2D eigenvalue weighted by Crippen LogP contribution is 2.47. The van der Waals surface area contributed by atoms with Crippen molar-refractivity contribution in [3.8, 4) is 0 Å². The topological polar surface area (TPSA) is 37.3 Å². The summed E-state index contributed by atoms with van der Waals surface area (Å²) in [5.74, 6) is 2.21. The Labute approximate surface area is 106 Å². The Morgan fingerprint density at radius 1 is 1.24 bits per heavy atom. The van der Waals surface area contributed by atoms with Crippen molar-refractivity contribution in [3.05, 3.63) is 0 Å². The highest BCUT2D eigenvalue weighted by molar-refractivity contribution is 7.57. The van der Waals surface area contributed by atoms with Gasteiger partial charge in [-0.15, -0.1) is 7.92 Å². The van der Waals surface area contributed by atoms with Crippen LogP contribution in [0.15, 0.2) is 0 Å². The van der Waals surface area contributed by atoms with Gasteiger partial charge in [0.05, 0.1) is 0 Å². The number of fused-ring (bicyclic) bond motifs is 6. The van der Waals surface area contributed by atoms with E-state index in [1.165, 1.54) is 44.4 Å². The minimum Gasteiger partial charge on any atom is -0.481 e. The van der Waals surface area contributed by atoms with Crippen LogP contribution in [0.2, 0.25) is 0 Å². The predicted octanol–water partition coefficient (Wildman–Crippen LogP) is 3.79. The van der Waals surface area contributed by atoms with E-state index >= 15 is 0 Å². The smallest absolute Gasteiger partial charge is 0.303 e. The van der Waals surface area contributed by atoms with Crippen molar-refractivity contribution >= 4 is 13.9 Å². The summed E-state index contributed by atoms with van der Waals surface area (Å²) in [6, 6.07) is 0. The van der Waals surface area contributed by atoms with Crippen molar-refractivity contribution in [2.75, 3.05) is 18.5 Å². The lowest BCUT2D eigenvalue weighted by Crippen LogP contribution is -2.22. The lowest BCUT2D eigenvalue weighted by molar-refractivity contribution is -0.136. The molecule has 0 aromatic heterocycles. The normalized spacial score (nSPS) is 38.2. The molecule has 4 unspecified atom stereocenters. The highest BCUT2D eigenvalue weighted by Gasteiger charge is 2.30. The fourth-order valence-electron chi connectivity index (χ4n) is 3.56. The van der Waals surface area contributed by atoms with Crippen molar-refractivity contribution < 1.29 is 9.90 Å². The van der Waals surface area contributed by atoms with E-state index in [0.29, 0.717) is 6.42 Å². The Morgan fingerprint density at radius 2 is 2.00 bits per heavy atom. The quantitative estimate of drug-likeness (QED) is 0.780. The van der Waals surface area contributed by atoms with Gasteiger partial charge in [-0.25, -0.2) is 0 Å². The highest BCUT2D eigenvalue weighted by atomic mass is 31.1. The standard InChI is InChI=1S/C14H25O2P/c1-11-10-12-2-3-13(11)5-8-17(7-4-12)9-6-14(15)16/h11-13H,2-10H2,1H3,(H,15,16). The first kappa shape index (κ1) is 13.3. The molecule has 3 aliphatic rings. The summed E-state index contributed by atoms with van der Waals surface area (Å²) in [5.41, 5.74) is 0. The van der Waals surface area contributed by atoms with Crippen molar-refractivity contribution in [2.24, 2.45) is 17.8 Å². The summed E-state index contributed by atoms with van der Waals surface area (Å²) < 4.78 is 0. The molecule has 0 aromatic carbocycles. The molecule has 2 nitrogen and oxygen atoms in total. The molecule has 0 amide bonds. The van der Waals surface area contributed by atoms with Crippen LogP contribution in [-0.2, 0) is 4.79 Å². The molecule has 0 radical (unpaired) electrons. The maximum Gasteiger partial charge on any atom is 0.303 e. The summed E-state index contributed by atoms with van der Waals surface area (Å²) in [4.78, 5) is 10.7. The molecule has 2 aliphatic heterocycles. The molecule has 17 heavy (non-hydrogen) atoms. The molecule has 1 aliphatic carbocycles. The summed E-state index contributed by atoms with van der Waals surface area (Å²) >= 11 is 0. The van der Waals surface area contributed by atoms with Crippen molar-refractivity contribution in [1.29, 1.82) is 0 Å². The van der Waals surface area contributed by atoms with Crippen molar-refractivity contribution in [3.63, 3.8) is 0 Å². The largest absolute Gasteiger partial charge is 0.481 e. The first-order valence-electron chi connectivity index (χ1n) is 7.09. The van der Waals surface area contributed by atoms with Crippen LogP contribution < -0.4 is 0 Å². The molecule has 3 heteroatoms. The van der Waals surface area contributed by atoms with Gasteiger partial charge in [-0.3, -0.25) is 4.79 Å². The Bertz CT molecular complexity index is 267. The summed E-state index contributed by atoms with van der Waals surface area (Å²) in [6.07, 6.45) is 11.1. The van der Waals surface area contributed by atoms with Gasteiger partial charge in [0.2, 0.25) is 0 Å². The zero-order valence-electron chi connectivity index (χ0n) is 10.9. The van der Waals surface area contributed by atoms with Gasteiger partial charge < -0.3 is 5.11 Å². The first-order chi connectivity index (χ1) is 8.15. The molecule has 4 atom stereocenters. The van der Waals surface area contributed by atoms with Crippen LogP contribution >= 0.6 is 7.92 Å². The van der Waals surface area contributed by atoms with Crippen molar-refractivity contribution in [2.45, 2.75) is 45.4 Å². The number of aliphatic carboxylic acids is 1. The Morgan fingerprint density at radius 3 is 2.71 bits per heavy atom. The zero-order chi connectivity index (χ0) is 12.3. The molecular weight excluding hydrogens is 231 g/mol. The molecule has 0 aromatic rings. The Hall–Kier alpha value is -0.100. The van der Waals surface area contributed by atoms with Gasteiger partial charge in [-0.05, 0) is 61.9 Å². The van der Waals surface area contributed by atoms with E-state index in [4.69, 9.17) is 5.11 Å². The third-order valence-electron chi connectivity index (χ3n) is 4.77. The summed E-state index contributed by atoms with van der Waals surface area (Å²) in [7, 11) is 0.0219. The number of hydrogen-bond donors (Lipinski definition) is 1. The summed E-state index contributed by atoms with van der Waals surface area (Å²) in [5, 5.41) is 8.79. The third kappa shape index (κ3) is 3.95. The number of rotatable bonds is 3. The maximum absolute atomic E-state index is 10.7. The minimum atomic E-state index is -0.608. The number of carbonyl (C=O) groups is 1. The van der Waals surface area contributed by atoms with Gasteiger partial charge in [-0.1, -0.05) is 13.3 Å². The molecule has 2 saturated heterocycles. The fraction of sp³-hybridized carbons (Fsp3) is 0.929. The second-order valence-corrected chi connectivity index (χ2v) is 8.66. The van der Waals surface area contributed by atoms with Crippen LogP contribution in [-0.4, -0.2) is 29.6 Å². The van der Waals surface area contributed by atoms with E-state index in [9.17, 15) is 4.79 Å². The van der Waals surface area contributed by atoms with E-state index in [-0.39, 0.29) is 7.92 Å². The molecule has 2 heterocycles. The number of carboxylic acids is 1. The van der Waals surface area contributed by atoms with Crippen LogP contribution in [0.4, 0.5) is 0 Å². The third-order valence-corrected chi connectivity index (χ3v) is 7.40. The van der Waals surface area contributed by atoms with Gasteiger partial charge in [0.1, 0.15) is 0 Å².